The van der Waals surface area contributed by atoms with Crippen LogP contribution in [0.4, 0.5) is 0 Å². The molecule has 0 rings (SSSR count). The summed E-state index contributed by atoms with van der Waals surface area (Å²) in [6, 6.07) is 0. The first kappa shape index (κ1) is 16.5. The molecule has 0 saturated heterocycles. The molecule has 0 aromatic heterocycles. The van der Waals surface area contributed by atoms with Gasteiger partial charge < -0.3 is 5.32 Å². The molecule has 14 heavy (non-hydrogen) atoms. The van der Waals surface area contributed by atoms with Gasteiger partial charge in [0.05, 0.1) is 0 Å². The van der Waals surface area contributed by atoms with Crippen molar-refractivity contribution >= 4 is 45.6 Å². The van der Waals surface area contributed by atoms with E-state index in [0.717, 1.165) is 0 Å². The van der Waals surface area contributed by atoms with E-state index in [1.807, 2.05) is 0 Å². The van der Waals surface area contributed by atoms with Gasteiger partial charge >= 0.3 is 29.6 Å². The Labute approximate surface area is 106 Å². The van der Waals surface area contributed by atoms with Gasteiger partial charge in [0, 0.05) is 5.54 Å². The third-order valence-corrected chi connectivity index (χ3v) is 1.86. The van der Waals surface area contributed by atoms with Crippen molar-refractivity contribution in [2.45, 2.75) is 26.3 Å². The predicted molar refractivity (Wildman–Crippen MR) is 55.7 cm³/mol. The predicted octanol–water partition coefficient (Wildman–Crippen LogP) is -0.346. The fourth-order valence-electron chi connectivity index (χ4n) is 0.527. The molecule has 0 atom stereocenters. The Morgan fingerprint density at radius 2 is 1.71 bits per heavy atom. The first-order valence-electron chi connectivity index (χ1n) is 3.53. The summed E-state index contributed by atoms with van der Waals surface area (Å²) in [6.45, 7) is 8.01. The zero-order valence-electron chi connectivity index (χ0n) is 7.79. The number of nitrogens with one attached hydrogen (secondary N) is 1. The van der Waals surface area contributed by atoms with Crippen LogP contribution in [0.5, 0.6) is 0 Å². The molecule has 1 amide bonds. The summed E-state index contributed by atoms with van der Waals surface area (Å²) in [5.41, 5.74) is -0.565. The molecule has 7 heteroatoms. The monoisotopic (exact) mass is 231 g/mol. The molecule has 0 aromatic rings. The van der Waals surface area contributed by atoms with Gasteiger partial charge in [-0.15, -0.1) is 0 Å². The molecule has 0 radical (unpaired) electrons. The summed E-state index contributed by atoms with van der Waals surface area (Å²) >= 11 is 0. The summed E-state index contributed by atoms with van der Waals surface area (Å²) < 4.78 is 29.4. The Morgan fingerprint density at radius 1 is 1.36 bits per heavy atom. The summed E-state index contributed by atoms with van der Waals surface area (Å²) in [5, 5.41) is 2.35. The van der Waals surface area contributed by atoms with Crippen molar-refractivity contribution in [3.8, 4) is 0 Å². The van der Waals surface area contributed by atoms with Gasteiger partial charge in [-0.25, -0.2) is 0 Å². The van der Waals surface area contributed by atoms with E-state index in [0.29, 0.717) is 0 Å². The second-order valence-electron chi connectivity index (χ2n) is 3.60. The van der Waals surface area contributed by atoms with Crippen molar-refractivity contribution in [1.82, 2.24) is 5.32 Å². The molecule has 0 unspecified atom stereocenters. The molecule has 0 spiro atoms. The molecule has 5 nitrogen and oxygen atoms in total. The van der Waals surface area contributed by atoms with Gasteiger partial charge in [0.2, 0.25) is 0 Å². The summed E-state index contributed by atoms with van der Waals surface area (Å²) in [6.07, 6.45) is 0. The van der Waals surface area contributed by atoms with E-state index in [2.05, 4.69) is 11.9 Å². The van der Waals surface area contributed by atoms with E-state index in [4.69, 9.17) is 4.55 Å². The zero-order chi connectivity index (χ0) is 10.9. The minimum absolute atomic E-state index is 0. The minimum atomic E-state index is -4.48. The number of carbonyl (C=O) groups is 1. The van der Waals surface area contributed by atoms with Gasteiger partial charge in [0.1, 0.15) is 0 Å². The van der Waals surface area contributed by atoms with Crippen molar-refractivity contribution < 1.29 is 17.8 Å². The molecular weight excluding hydrogens is 217 g/mol. The Morgan fingerprint density at radius 3 is 1.93 bits per heavy atom. The van der Waals surface area contributed by atoms with Crippen molar-refractivity contribution in [2.24, 2.45) is 0 Å². The van der Waals surface area contributed by atoms with Crippen LogP contribution in [0.15, 0.2) is 11.5 Å². The molecule has 0 aliphatic heterocycles. The summed E-state index contributed by atoms with van der Waals surface area (Å²) in [4.78, 5) is 10.2. The van der Waals surface area contributed by atoms with Crippen LogP contribution in [0, 0.1) is 0 Å². The van der Waals surface area contributed by atoms with Crippen molar-refractivity contribution in [3.05, 3.63) is 11.5 Å². The second-order valence-corrected chi connectivity index (χ2v) is 5.05. The van der Waals surface area contributed by atoms with Gasteiger partial charge in [-0.2, -0.15) is 8.42 Å². The van der Waals surface area contributed by atoms with Crippen LogP contribution >= 0.6 is 0 Å². The zero-order valence-corrected chi connectivity index (χ0v) is 8.60. The molecule has 0 bridgehead atoms. The van der Waals surface area contributed by atoms with Crippen molar-refractivity contribution in [1.29, 1.82) is 0 Å². The molecule has 0 saturated carbocycles. The molecule has 0 aliphatic carbocycles. The summed E-state index contributed by atoms with van der Waals surface area (Å²) in [7, 11) is -4.48. The maximum absolute atomic E-state index is 11.1. The van der Waals surface area contributed by atoms with Crippen LogP contribution in [-0.2, 0) is 14.9 Å². The third kappa shape index (κ3) is 6.56. The van der Waals surface area contributed by atoms with Crippen LogP contribution in [0.3, 0.4) is 0 Å². The SMILES string of the molecule is C=C(C(=O)NC(C)(C)C)S(=O)(=O)O.[NaH]. The third-order valence-electron chi connectivity index (χ3n) is 1.05. The van der Waals surface area contributed by atoms with E-state index >= 15 is 0 Å². The van der Waals surface area contributed by atoms with E-state index < -0.39 is 26.5 Å². The Kier molecular flexibility index (Phi) is 6.23. The molecule has 0 heterocycles. The topological polar surface area (TPSA) is 83.5 Å². The van der Waals surface area contributed by atoms with Gasteiger partial charge in [-0.05, 0) is 20.8 Å². The van der Waals surface area contributed by atoms with Crippen LogP contribution < -0.4 is 5.32 Å². The molecule has 2 N–H and O–H groups in total. The average molecular weight is 231 g/mol. The van der Waals surface area contributed by atoms with Crippen molar-refractivity contribution in [3.63, 3.8) is 0 Å². The Bertz CT molecular complexity index is 328. The average Bonchev–Trinajstić information content (AvgIpc) is 1.79. The summed E-state index contributed by atoms with van der Waals surface area (Å²) in [5.74, 6) is -0.894. The quantitative estimate of drug-likeness (QED) is 0.386. The van der Waals surface area contributed by atoms with Crippen LogP contribution in [0.1, 0.15) is 20.8 Å². The molecule has 0 fully saturated rings. The first-order valence-corrected chi connectivity index (χ1v) is 4.97. The standard InChI is InChI=1S/C7H13NO4S.Na.H/c1-5(13(10,11)12)6(9)8-7(2,3)4;;/h1H2,2-4H3,(H,8,9)(H,10,11,12);;. The number of amides is 1. The van der Waals surface area contributed by atoms with Gasteiger partial charge in [0.15, 0.2) is 4.91 Å². The Balaban J connectivity index is 0. The van der Waals surface area contributed by atoms with E-state index in [1.54, 1.807) is 20.8 Å². The molecule has 78 valence electrons. The van der Waals surface area contributed by atoms with Gasteiger partial charge in [-0.3, -0.25) is 9.35 Å². The molecular formula is C7H14NNaO4S. The fourth-order valence-corrected chi connectivity index (χ4v) is 0.813. The van der Waals surface area contributed by atoms with Crippen LogP contribution in [0.25, 0.3) is 0 Å². The Hall–Kier alpha value is 0.120. The molecule has 0 aliphatic rings. The van der Waals surface area contributed by atoms with Crippen molar-refractivity contribution in [2.75, 3.05) is 0 Å². The first-order chi connectivity index (χ1) is 5.54. The van der Waals surface area contributed by atoms with E-state index in [1.165, 1.54) is 0 Å². The number of carbonyl (C=O) groups excluding carboxylic acids is 1. The normalized spacial score (nSPS) is 11.4. The maximum atomic E-state index is 11.1. The van der Waals surface area contributed by atoms with Crippen LogP contribution in [-0.4, -0.2) is 54.0 Å². The number of hydrogen-bond donors (Lipinski definition) is 2. The van der Waals surface area contributed by atoms with Gasteiger partial charge in [0.25, 0.3) is 16.0 Å². The van der Waals surface area contributed by atoms with Crippen LogP contribution in [0.2, 0.25) is 0 Å². The van der Waals surface area contributed by atoms with Gasteiger partial charge in [-0.1, -0.05) is 6.58 Å². The fraction of sp³-hybridized carbons (Fsp3) is 0.571. The number of hydrogen-bond acceptors (Lipinski definition) is 3. The second kappa shape index (κ2) is 5.27. The van der Waals surface area contributed by atoms with E-state index in [9.17, 15) is 13.2 Å². The van der Waals surface area contributed by atoms with E-state index in [-0.39, 0.29) is 29.6 Å². The number of rotatable bonds is 2. The molecule has 0 aromatic carbocycles.